The van der Waals surface area contributed by atoms with Crippen LogP contribution in [0.2, 0.25) is 0 Å². The van der Waals surface area contributed by atoms with Gasteiger partial charge in [-0.2, -0.15) is 0 Å². The van der Waals surface area contributed by atoms with Crippen LogP contribution in [0.4, 0.5) is 0 Å². The number of carbonyl (C=O) groups is 2. The Labute approximate surface area is 178 Å². The molecule has 0 fully saturated rings. The summed E-state index contributed by atoms with van der Waals surface area (Å²) in [5.74, 6) is -0.427. The maximum Gasteiger partial charge on any atom is 0.272 e. The number of rotatable bonds is 6. The van der Waals surface area contributed by atoms with E-state index >= 15 is 0 Å². The third-order valence-corrected chi connectivity index (χ3v) is 5.22. The molecular formula is C25H27N3O2. The summed E-state index contributed by atoms with van der Waals surface area (Å²) in [6.45, 7) is 5.02. The Morgan fingerprint density at radius 3 is 1.47 bits per heavy atom. The SMILES string of the molecule is Cc1ccccc1CN(C)C(=O)c1cccc(C(=O)N(C)Cc2ccccc2C)n1. The Morgan fingerprint density at radius 1 is 0.667 bits per heavy atom. The first-order valence-electron chi connectivity index (χ1n) is 9.94. The van der Waals surface area contributed by atoms with E-state index in [0.717, 1.165) is 22.3 Å². The fourth-order valence-corrected chi connectivity index (χ4v) is 3.29. The van der Waals surface area contributed by atoms with Gasteiger partial charge in [-0.3, -0.25) is 9.59 Å². The Balaban J connectivity index is 1.73. The van der Waals surface area contributed by atoms with Crippen molar-refractivity contribution < 1.29 is 9.59 Å². The molecule has 2 amide bonds. The minimum absolute atomic E-state index is 0.213. The van der Waals surface area contributed by atoms with Crippen molar-refractivity contribution in [2.45, 2.75) is 26.9 Å². The summed E-state index contributed by atoms with van der Waals surface area (Å²) in [5.41, 5.74) is 4.96. The average molecular weight is 402 g/mol. The van der Waals surface area contributed by atoms with Crippen molar-refractivity contribution in [3.63, 3.8) is 0 Å². The van der Waals surface area contributed by atoms with Crippen LogP contribution in [0.3, 0.4) is 0 Å². The van der Waals surface area contributed by atoms with Crippen LogP contribution in [-0.2, 0) is 13.1 Å². The number of nitrogens with zero attached hydrogens (tertiary/aromatic N) is 3. The van der Waals surface area contributed by atoms with Gasteiger partial charge < -0.3 is 9.80 Å². The number of carbonyl (C=O) groups excluding carboxylic acids is 2. The molecule has 5 heteroatoms. The molecule has 0 aliphatic carbocycles. The minimum atomic E-state index is -0.213. The van der Waals surface area contributed by atoms with Gasteiger partial charge >= 0.3 is 0 Å². The molecule has 0 aliphatic rings. The van der Waals surface area contributed by atoms with Crippen LogP contribution < -0.4 is 0 Å². The van der Waals surface area contributed by atoms with Gasteiger partial charge in [0.25, 0.3) is 11.8 Å². The van der Waals surface area contributed by atoms with Gasteiger partial charge in [0.1, 0.15) is 11.4 Å². The molecule has 1 heterocycles. The van der Waals surface area contributed by atoms with E-state index in [1.165, 1.54) is 0 Å². The van der Waals surface area contributed by atoms with E-state index in [1.807, 2.05) is 62.4 Å². The molecule has 0 radical (unpaired) electrons. The van der Waals surface area contributed by atoms with Crippen molar-refractivity contribution in [3.05, 3.63) is 100 Å². The number of benzene rings is 2. The molecule has 1 aromatic heterocycles. The number of pyridine rings is 1. The number of aromatic nitrogens is 1. The van der Waals surface area contributed by atoms with Crippen LogP contribution in [-0.4, -0.2) is 40.7 Å². The number of amides is 2. The van der Waals surface area contributed by atoms with E-state index in [-0.39, 0.29) is 23.2 Å². The summed E-state index contributed by atoms with van der Waals surface area (Å²) in [7, 11) is 3.49. The predicted molar refractivity (Wildman–Crippen MR) is 118 cm³/mol. The van der Waals surface area contributed by atoms with E-state index in [0.29, 0.717) is 13.1 Å². The van der Waals surface area contributed by atoms with E-state index < -0.39 is 0 Å². The lowest BCUT2D eigenvalue weighted by molar-refractivity contribution is 0.0771. The van der Waals surface area contributed by atoms with Gasteiger partial charge in [0, 0.05) is 27.2 Å². The predicted octanol–water partition coefficient (Wildman–Crippen LogP) is 4.24. The molecule has 154 valence electrons. The smallest absolute Gasteiger partial charge is 0.272 e. The van der Waals surface area contributed by atoms with Gasteiger partial charge in [0.2, 0.25) is 0 Å². The average Bonchev–Trinajstić information content (AvgIpc) is 2.76. The maximum atomic E-state index is 12.9. The Kier molecular flexibility index (Phi) is 6.62. The summed E-state index contributed by atoms with van der Waals surface area (Å²) >= 11 is 0. The van der Waals surface area contributed by atoms with Crippen LogP contribution in [0.5, 0.6) is 0 Å². The standard InChI is InChI=1S/C25H27N3O2/c1-18-10-5-7-12-20(18)16-27(3)24(29)22-14-9-15-23(26-22)25(30)28(4)17-21-13-8-6-11-19(21)2/h5-15H,16-17H2,1-4H3. The fraction of sp³-hybridized carbons (Fsp3) is 0.240. The highest BCUT2D eigenvalue weighted by Crippen LogP contribution is 2.14. The van der Waals surface area contributed by atoms with Gasteiger partial charge in [0.05, 0.1) is 0 Å². The molecule has 3 aromatic rings. The molecule has 5 nitrogen and oxygen atoms in total. The van der Waals surface area contributed by atoms with Crippen LogP contribution in [0, 0.1) is 13.8 Å². The monoisotopic (exact) mass is 401 g/mol. The summed E-state index contributed by atoms with van der Waals surface area (Å²) in [4.78, 5) is 33.4. The van der Waals surface area contributed by atoms with Crippen LogP contribution in [0.15, 0.2) is 66.7 Å². The molecule has 0 bridgehead atoms. The van der Waals surface area contributed by atoms with Crippen molar-refractivity contribution in [2.24, 2.45) is 0 Å². The van der Waals surface area contributed by atoms with Crippen molar-refractivity contribution in [1.82, 2.24) is 14.8 Å². The highest BCUT2D eigenvalue weighted by molar-refractivity contribution is 5.96. The maximum absolute atomic E-state index is 12.9. The topological polar surface area (TPSA) is 53.5 Å². The first-order valence-corrected chi connectivity index (χ1v) is 9.94. The molecule has 0 aliphatic heterocycles. The first kappa shape index (κ1) is 21.2. The van der Waals surface area contributed by atoms with Gasteiger partial charge in [-0.25, -0.2) is 4.98 Å². The highest BCUT2D eigenvalue weighted by atomic mass is 16.2. The third kappa shape index (κ3) is 4.92. The second-order valence-electron chi connectivity index (χ2n) is 7.58. The van der Waals surface area contributed by atoms with Crippen molar-refractivity contribution in [2.75, 3.05) is 14.1 Å². The molecule has 0 spiro atoms. The zero-order valence-corrected chi connectivity index (χ0v) is 17.9. The summed E-state index contributed by atoms with van der Waals surface area (Å²) < 4.78 is 0. The number of hydrogen-bond acceptors (Lipinski definition) is 3. The molecule has 0 saturated carbocycles. The van der Waals surface area contributed by atoms with E-state index in [1.54, 1.807) is 42.1 Å². The Bertz CT molecular complexity index is 981. The van der Waals surface area contributed by atoms with Gasteiger partial charge in [-0.1, -0.05) is 54.6 Å². The van der Waals surface area contributed by atoms with Crippen LogP contribution >= 0.6 is 0 Å². The largest absolute Gasteiger partial charge is 0.336 e. The lowest BCUT2D eigenvalue weighted by Gasteiger charge is -2.20. The lowest BCUT2D eigenvalue weighted by Crippen LogP contribution is -2.30. The fourth-order valence-electron chi connectivity index (χ4n) is 3.29. The van der Waals surface area contributed by atoms with Crippen molar-refractivity contribution >= 4 is 11.8 Å². The van der Waals surface area contributed by atoms with E-state index in [4.69, 9.17) is 0 Å². The number of hydrogen-bond donors (Lipinski definition) is 0. The van der Waals surface area contributed by atoms with Crippen molar-refractivity contribution in [3.8, 4) is 0 Å². The van der Waals surface area contributed by atoms with Gasteiger partial charge in [0.15, 0.2) is 0 Å². The molecule has 2 aromatic carbocycles. The number of aryl methyl sites for hydroxylation is 2. The Hall–Kier alpha value is -3.47. The van der Waals surface area contributed by atoms with E-state index in [9.17, 15) is 9.59 Å². The molecule has 0 atom stereocenters. The quantitative estimate of drug-likeness (QED) is 0.621. The minimum Gasteiger partial charge on any atom is -0.336 e. The zero-order chi connectivity index (χ0) is 21.7. The van der Waals surface area contributed by atoms with Gasteiger partial charge in [-0.05, 0) is 48.2 Å². The molecule has 3 rings (SSSR count). The van der Waals surface area contributed by atoms with Crippen molar-refractivity contribution in [1.29, 1.82) is 0 Å². The summed E-state index contributed by atoms with van der Waals surface area (Å²) in [5, 5.41) is 0. The molecule has 0 saturated heterocycles. The second kappa shape index (κ2) is 9.35. The molecular weight excluding hydrogens is 374 g/mol. The van der Waals surface area contributed by atoms with Crippen LogP contribution in [0.1, 0.15) is 43.2 Å². The van der Waals surface area contributed by atoms with Gasteiger partial charge in [-0.15, -0.1) is 0 Å². The summed E-state index contributed by atoms with van der Waals surface area (Å²) in [6, 6.07) is 20.9. The van der Waals surface area contributed by atoms with E-state index in [2.05, 4.69) is 4.98 Å². The molecule has 30 heavy (non-hydrogen) atoms. The zero-order valence-electron chi connectivity index (χ0n) is 17.9. The second-order valence-corrected chi connectivity index (χ2v) is 7.58. The normalized spacial score (nSPS) is 10.5. The highest BCUT2D eigenvalue weighted by Gasteiger charge is 2.19. The first-order chi connectivity index (χ1) is 14.4. The molecule has 0 unspecified atom stereocenters. The summed E-state index contributed by atoms with van der Waals surface area (Å²) in [6.07, 6.45) is 0. The molecule has 0 N–H and O–H groups in total. The van der Waals surface area contributed by atoms with Crippen LogP contribution in [0.25, 0.3) is 0 Å². The Morgan fingerprint density at radius 2 is 1.07 bits per heavy atom. The lowest BCUT2D eigenvalue weighted by atomic mass is 10.1. The third-order valence-electron chi connectivity index (χ3n) is 5.22.